The van der Waals surface area contributed by atoms with Crippen LogP contribution in [0.5, 0.6) is 0 Å². The van der Waals surface area contributed by atoms with E-state index in [1.807, 2.05) is 0 Å². The molecule has 0 spiro atoms. The second kappa shape index (κ2) is 5.76. The number of carbonyl (C=O) groups is 1. The van der Waals surface area contributed by atoms with Gasteiger partial charge in [0.15, 0.2) is 0 Å². The average molecular weight is 294 g/mol. The highest BCUT2D eigenvalue weighted by Crippen LogP contribution is 2.37. The fourth-order valence-electron chi connectivity index (χ4n) is 3.47. The van der Waals surface area contributed by atoms with Crippen LogP contribution < -0.4 is 0 Å². The minimum Gasteiger partial charge on any atom is -0.299 e. The van der Waals surface area contributed by atoms with Crippen molar-refractivity contribution < 1.29 is 13.4 Å². The molecule has 0 saturated carbocycles. The second-order valence-corrected chi connectivity index (χ2v) is 7.90. The maximum absolute atomic E-state index is 13.6. The van der Waals surface area contributed by atoms with Gasteiger partial charge < -0.3 is 0 Å². The van der Waals surface area contributed by atoms with Gasteiger partial charge in [0.1, 0.15) is 11.6 Å². The minimum absolute atomic E-state index is 0.0254. The van der Waals surface area contributed by atoms with Crippen molar-refractivity contribution in [3.8, 4) is 0 Å². The van der Waals surface area contributed by atoms with Crippen LogP contribution in [0.2, 0.25) is 0 Å². The quantitative estimate of drug-likeness (QED) is 0.859. The highest BCUT2D eigenvalue weighted by molar-refractivity contribution is 7.86. The molecule has 0 aromatic heterocycles. The monoisotopic (exact) mass is 294 g/mol. The van der Waals surface area contributed by atoms with Crippen molar-refractivity contribution in [3.63, 3.8) is 0 Å². The molecule has 108 valence electrons. The van der Waals surface area contributed by atoms with E-state index in [4.69, 9.17) is 0 Å². The molecule has 0 radical (unpaired) electrons. The number of hydrogen-bond donors (Lipinski definition) is 0. The molecule has 4 heteroatoms. The molecule has 0 N–H and O–H groups in total. The molecule has 2 aliphatic rings. The van der Waals surface area contributed by atoms with E-state index < -0.39 is 10.8 Å². The van der Waals surface area contributed by atoms with Crippen molar-refractivity contribution >= 4 is 16.6 Å². The standard InChI is InChI=1S/C16H19FO2S/c17-15-7-2-1-4-11(15)10-16(18)12-8-13-5-3-6-14(9-12)20(13)19/h1-2,4,7,12-14H,3,5-6,8-10H2. The summed E-state index contributed by atoms with van der Waals surface area (Å²) >= 11 is 0. The molecule has 0 amide bonds. The summed E-state index contributed by atoms with van der Waals surface area (Å²) in [4.78, 5) is 12.4. The largest absolute Gasteiger partial charge is 0.299 e. The van der Waals surface area contributed by atoms with Crippen molar-refractivity contribution in [3.05, 3.63) is 35.6 Å². The average Bonchev–Trinajstić information content (AvgIpc) is 2.41. The van der Waals surface area contributed by atoms with Gasteiger partial charge in [0.2, 0.25) is 0 Å². The zero-order chi connectivity index (χ0) is 14.1. The van der Waals surface area contributed by atoms with Crippen molar-refractivity contribution in [2.45, 2.75) is 49.0 Å². The van der Waals surface area contributed by atoms with Crippen LogP contribution >= 0.6 is 0 Å². The Hall–Kier alpha value is -1.03. The molecule has 2 saturated heterocycles. The molecule has 2 atom stereocenters. The third kappa shape index (κ3) is 2.71. The van der Waals surface area contributed by atoms with Crippen LogP contribution in [-0.4, -0.2) is 20.5 Å². The summed E-state index contributed by atoms with van der Waals surface area (Å²) in [5.41, 5.74) is 0.481. The van der Waals surface area contributed by atoms with Gasteiger partial charge >= 0.3 is 0 Å². The van der Waals surface area contributed by atoms with Crippen molar-refractivity contribution in [2.75, 3.05) is 0 Å². The molecule has 2 heterocycles. The molecule has 2 aliphatic heterocycles. The molecule has 0 aliphatic carbocycles. The van der Waals surface area contributed by atoms with Crippen LogP contribution in [0.1, 0.15) is 37.7 Å². The fraction of sp³-hybridized carbons (Fsp3) is 0.562. The van der Waals surface area contributed by atoms with Gasteiger partial charge in [0, 0.05) is 33.6 Å². The van der Waals surface area contributed by atoms with Crippen LogP contribution in [0.3, 0.4) is 0 Å². The predicted molar refractivity (Wildman–Crippen MR) is 77.4 cm³/mol. The topological polar surface area (TPSA) is 34.1 Å². The molecular formula is C16H19FO2S. The third-order valence-electron chi connectivity index (χ3n) is 4.58. The lowest BCUT2D eigenvalue weighted by Crippen LogP contribution is -2.41. The number of carbonyl (C=O) groups excluding carboxylic acids is 1. The van der Waals surface area contributed by atoms with E-state index in [0.29, 0.717) is 5.56 Å². The molecule has 3 rings (SSSR count). The van der Waals surface area contributed by atoms with Gasteiger partial charge in [-0.25, -0.2) is 4.39 Å². The summed E-state index contributed by atoms with van der Waals surface area (Å²) in [7, 11) is -0.750. The number of Topliss-reactive ketones (excluding diaryl/α,β-unsaturated/α-hetero) is 1. The first-order valence-electron chi connectivity index (χ1n) is 7.30. The summed E-state index contributed by atoms with van der Waals surface area (Å²) in [6.07, 6.45) is 4.73. The Morgan fingerprint density at radius 3 is 2.50 bits per heavy atom. The molecule has 20 heavy (non-hydrogen) atoms. The smallest absolute Gasteiger partial charge is 0.140 e. The Labute approximate surface area is 121 Å². The molecule has 2 unspecified atom stereocenters. The number of hydrogen-bond acceptors (Lipinski definition) is 2. The molecule has 1 aromatic rings. The first-order valence-corrected chi connectivity index (χ1v) is 8.58. The van der Waals surface area contributed by atoms with Crippen LogP contribution in [0.15, 0.2) is 24.3 Å². The first kappa shape index (κ1) is 13.9. The molecular weight excluding hydrogens is 275 g/mol. The van der Waals surface area contributed by atoms with Crippen LogP contribution in [0, 0.1) is 11.7 Å². The van der Waals surface area contributed by atoms with Crippen molar-refractivity contribution in [2.24, 2.45) is 5.92 Å². The minimum atomic E-state index is -0.750. The van der Waals surface area contributed by atoms with Gasteiger partial charge in [-0.05, 0) is 37.3 Å². The molecule has 1 aromatic carbocycles. The zero-order valence-corrected chi connectivity index (χ0v) is 12.2. The van der Waals surface area contributed by atoms with Crippen LogP contribution in [0.25, 0.3) is 0 Å². The maximum Gasteiger partial charge on any atom is 0.140 e. The predicted octanol–water partition coefficient (Wildman–Crippen LogP) is 3.02. The maximum atomic E-state index is 13.6. The lowest BCUT2D eigenvalue weighted by atomic mass is 9.85. The Balaban J connectivity index is 1.69. The number of ketones is 1. The second-order valence-electron chi connectivity index (χ2n) is 5.91. The van der Waals surface area contributed by atoms with E-state index in [1.165, 1.54) is 6.07 Å². The SMILES string of the molecule is O=C(Cc1ccccc1F)C1CC2CCCC(C1)S2=O. The van der Waals surface area contributed by atoms with Crippen LogP contribution in [0.4, 0.5) is 4.39 Å². The summed E-state index contributed by atoms with van der Waals surface area (Å²) in [5.74, 6) is -0.216. The van der Waals surface area contributed by atoms with E-state index in [9.17, 15) is 13.4 Å². The van der Waals surface area contributed by atoms with Gasteiger partial charge in [0.05, 0.1) is 0 Å². The lowest BCUT2D eigenvalue weighted by Gasteiger charge is -2.37. The first-order chi connectivity index (χ1) is 9.65. The number of halogens is 1. The van der Waals surface area contributed by atoms with E-state index in [-0.39, 0.29) is 34.4 Å². The Morgan fingerprint density at radius 2 is 1.85 bits per heavy atom. The van der Waals surface area contributed by atoms with Crippen LogP contribution in [-0.2, 0) is 22.0 Å². The molecule has 2 bridgehead atoms. The Bertz CT molecular complexity index is 527. The van der Waals surface area contributed by atoms with Gasteiger partial charge in [-0.3, -0.25) is 9.00 Å². The lowest BCUT2D eigenvalue weighted by molar-refractivity contribution is -0.122. The Kier molecular flexibility index (Phi) is 4.01. The number of fused-ring (bicyclic) bond motifs is 2. The van der Waals surface area contributed by atoms with Gasteiger partial charge in [0.25, 0.3) is 0 Å². The number of rotatable bonds is 3. The van der Waals surface area contributed by atoms with Gasteiger partial charge in [-0.1, -0.05) is 24.6 Å². The van der Waals surface area contributed by atoms with Gasteiger partial charge in [-0.2, -0.15) is 0 Å². The summed E-state index contributed by atoms with van der Waals surface area (Å²) < 4.78 is 25.7. The summed E-state index contributed by atoms with van der Waals surface area (Å²) in [5, 5.41) is 0.383. The van der Waals surface area contributed by atoms with E-state index >= 15 is 0 Å². The van der Waals surface area contributed by atoms with Crippen molar-refractivity contribution in [1.29, 1.82) is 0 Å². The summed E-state index contributed by atoms with van der Waals surface area (Å²) in [6, 6.07) is 6.47. The van der Waals surface area contributed by atoms with E-state index in [0.717, 1.165) is 32.1 Å². The van der Waals surface area contributed by atoms with Gasteiger partial charge in [-0.15, -0.1) is 0 Å². The molecule has 2 nitrogen and oxygen atoms in total. The van der Waals surface area contributed by atoms with Crippen molar-refractivity contribution in [1.82, 2.24) is 0 Å². The highest BCUT2D eigenvalue weighted by atomic mass is 32.2. The summed E-state index contributed by atoms with van der Waals surface area (Å²) in [6.45, 7) is 0. The molecule has 2 fully saturated rings. The zero-order valence-electron chi connectivity index (χ0n) is 11.4. The normalized spacial score (nSPS) is 32.9. The Morgan fingerprint density at radius 1 is 1.20 bits per heavy atom. The fourth-order valence-corrected chi connectivity index (χ4v) is 5.66. The van der Waals surface area contributed by atoms with E-state index in [2.05, 4.69) is 0 Å². The number of benzene rings is 1. The third-order valence-corrected chi connectivity index (χ3v) is 6.75. The highest BCUT2D eigenvalue weighted by Gasteiger charge is 2.40. The van der Waals surface area contributed by atoms with E-state index in [1.54, 1.807) is 18.2 Å².